The molecule has 0 saturated carbocycles. The number of methoxy groups -OCH3 is 1. The number of carbonyl (C=O) groups excluding carboxylic acids is 1. The molecule has 1 saturated heterocycles. The van der Waals surface area contributed by atoms with E-state index in [4.69, 9.17) is 14.0 Å². The molecule has 1 aromatic heterocycles. The van der Waals surface area contributed by atoms with Gasteiger partial charge in [-0.3, -0.25) is 9.69 Å². The van der Waals surface area contributed by atoms with Crippen LogP contribution in [0, 0.1) is 5.92 Å². The molecule has 25 heavy (non-hydrogen) atoms. The van der Waals surface area contributed by atoms with Crippen LogP contribution in [0.25, 0.3) is 11.3 Å². The molecule has 3 rings (SSSR count). The molecule has 0 unspecified atom stereocenters. The number of nitrogens with zero attached hydrogens (tertiary/aromatic N) is 2. The Kier molecular flexibility index (Phi) is 5.71. The van der Waals surface area contributed by atoms with Gasteiger partial charge in [0.25, 0.3) is 0 Å². The first-order valence-electron chi connectivity index (χ1n) is 8.68. The molecule has 2 heterocycles. The van der Waals surface area contributed by atoms with E-state index >= 15 is 0 Å². The van der Waals surface area contributed by atoms with E-state index in [-0.39, 0.29) is 11.9 Å². The summed E-state index contributed by atoms with van der Waals surface area (Å²) in [6.45, 7) is 4.78. The highest BCUT2D eigenvalue weighted by atomic mass is 16.5. The van der Waals surface area contributed by atoms with Crippen molar-refractivity contribution in [3.05, 3.63) is 36.0 Å². The number of hydrogen-bond donors (Lipinski definition) is 0. The minimum atomic E-state index is -0.0656. The minimum absolute atomic E-state index is 0.0246. The maximum atomic E-state index is 11.8. The Hall–Kier alpha value is -2.34. The maximum absolute atomic E-state index is 11.8. The number of carbonyl (C=O) groups is 1. The molecule has 0 atom stereocenters. The molecule has 0 radical (unpaired) electrons. The van der Waals surface area contributed by atoms with Crippen molar-refractivity contribution in [2.45, 2.75) is 26.3 Å². The molecule has 0 amide bonds. The van der Waals surface area contributed by atoms with E-state index in [0.29, 0.717) is 6.61 Å². The van der Waals surface area contributed by atoms with E-state index in [9.17, 15) is 4.79 Å². The minimum Gasteiger partial charge on any atom is -0.497 e. The predicted molar refractivity (Wildman–Crippen MR) is 93.1 cm³/mol. The normalized spacial score (nSPS) is 15.9. The van der Waals surface area contributed by atoms with Gasteiger partial charge in [-0.1, -0.05) is 17.3 Å². The second-order valence-electron chi connectivity index (χ2n) is 6.21. The van der Waals surface area contributed by atoms with Crippen molar-refractivity contribution in [2.75, 3.05) is 26.8 Å². The fourth-order valence-corrected chi connectivity index (χ4v) is 3.20. The fraction of sp³-hybridized carbons (Fsp3) is 0.474. The molecule has 1 aliphatic rings. The average Bonchev–Trinajstić information content (AvgIpc) is 3.10. The van der Waals surface area contributed by atoms with E-state index in [2.05, 4.69) is 10.1 Å². The molecule has 1 aromatic carbocycles. The Balaban J connectivity index is 1.63. The van der Waals surface area contributed by atoms with Crippen LogP contribution in [0.15, 0.2) is 35.0 Å². The largest absolute Gasteiger partial charge is 0.497 e. The van der Waals surface area contributed by atoms with Crippen molar-refractivity contribution in [3.63, 3.8) is 0 Å². The lowest BCUT2D eigenvalue weighted by atomic mass is 9.96. The Morgan fingerprint density at radius 2 is 2.16 bits per heavy atom. The first-order chi connectivity index (χ1) is 12.2. The van der Waals surface area contributed by atoms with Crippen LogP contribution in [0.3, 0.4) is 0 Å². The first kappa shape index (κ1) is 17.5. The monoisotopic (exact) mass is 344 g/mol. The Labute approximate surface area is 147 Å². The third-order valence-electron chi connectivity index (χ3n) is 4.58. The highest BCUT2D eigenvalue weighted by Gasteiger charge is 2.26. The van der Waals surface area contributed by atoms with Gasteiger partial charge in [0.1, 0.15) is 5.75 Å². The molecule has 0 spiro atoms. The van der Waals surface area contributed by atoms with E-state index in [1.165, 1.54) is 0 Å². The average molecular weight is 344 g/mol. The van der Waals surface area contributed by atoms with Crippen molar-refractivity contribution in [1.29, 1.82) is 0 Å². The van der Waals surface area contributed by atoms with Crippen LogP contribution in [0.5, 0.6) is 5.75 Å². The predicted octanol–water partition coefficient (Wildman–Crippen LogP) is 3.13. The van der Waals surface area contributed by atoms with Gasteiger partial charge >= 0.3 is 5.97 Å². The summed E-state index contributed by atoms with van der Waals surface area (Å²) in [5.41, 5.74) is 2.00. The molecular weight excluding hydrogens is 320 g/mol. The zero-order chi connectivity index (χ0) is 17.6. The van der Waals surface area contributed by atoms with Gasteiger partial charge in [-0.05, 0) is 45.0 Å². The van der Waals surface area contributed by atoms with Crippen molar-refractivity contribution in [3.8, 4) is 17.1 Å². The van der Waals surface area contributed by atoms with E-state index in [0.717, 1.165) is 55.1 Å². The number of benzene rings is 1. The highest BCUT2D eigenvalue weighted by Crippen LogP contribution is 2.29. The quantitative estimate of drug-likeness (QED) is 0.750. The molecule has 0 aliphatic carbocycles. The molecule has 1 aliphatic heterocycles. The second-order valence-corrected chi connectivity index (χ2v) is 6.21. The molecular formula is C19H24N2O4. The molecule has 0 bridgehead atoms. The van der Waals surface area contributed by atoms with Gasteiger partial charge in [0.05, 0.1) is 25.8 Å². The van der Waals surface area contributed by atoms with Crippen LogP contribution in [0.2, 0.25) is 0 Å². The third kappa shape index (κ3) is 4.20. The molecule has 134 valence electrons. The Morgan fingerprint density at radius 3 is 2.88 bits per heavy atom. The lowest BCUT2D eigenvalue weighted by molar-refractivity contribution is -0.149. The molecule has 2 aromatic rings. The van der Waals surface area contributed by atoms with Crippen molar-refractivity contribution < 1.29 is 18.8 Å². The third-order valence-corrected chi connectivity index (χ3v) is 4.58. The zero-order valence-electron chi connectivity index (χ0n) is 14.7. The van der Waals surface area contributed by atoms with E-state index < -0.39 is 0 Å². The van der Waals surface area contributed by atoms with Crippen LogP contribution < -0.4 is 4.74 Å². The van der Waals surface area contributed by atoms with Crippen LogP contribution in [-0.4, -0.2) is 42.8 Å². The molecule has 0 N–H and O–H groups in total. The fourth-order valence-electron chi connectivity index (χ4n) is 3.20. The summed E-state index contributed by atoms with van der Waals surface area (Å²) < 4.78 is 15.9. The van der Waals surface area contributed by atoms with E-state index in [1.807, 2.05) is 31.2 Å². The maximum Gasteiger partial charge on any atom is 0.309 e. The first-order valence-corrected chi connectivity index (χ1v) is 8.68. The van der Waals surface area contributed by atoms with Gasteiger partial charge < -0.3 is 14.0 Å². The molecule has 6 heteroatoms. The van der Waals surface area contributed by atoms with Gasteiger partial charge in [0, 0.05) is 17.7 Å². The topological polar surface area (TPSA) is 64.8 Å². The number of piperidine rings is 1. The van der Waals surface area contributed by atoms with Gasteiger partial charge in [-0.2, -0.15) is 0 Å². The highest BCUT2D eigenvalue weighted by molar-refractivity contribution is 5.72. The lowest BCUT2D eigenvalue weighted by Crippen LogP contribution is -2.36. The Bertz CT molecular complexity index is 705. The number of ether oxygens (including phenoxy) is 2. The van der Waals surface area contributed by atoms with Crippen LogP contribution in [0.4, 0.5) is 0 Å². The van der Waals surface area contributed by atoms with Crippen LogP contribution in [-0.2, 0) is 16.1 Å². The van der Waals surface area contributed by atoms with Crippen LogP contribution >= 0.6 is 0 Å². The summed E-state index contributed by atoms with van der Waals surface area (Å²) in [7, 11) is 1.65. The number of hydrogen-bond acceptors (Lipinski definition) is 6. The summed E-state index contributed by atoms with van der Waals surface area (Å²) in [5.74, 6) is 1.52. The number of esters is 1. The Morgan fingerprint density at radius 1 is 1.36 bits per heavy atom. The lowest BCUT2D eigenvalue weighted by Gasteiger charge is -2.30. The number of likely N-dealkylation sites (tertiary alicyclic amines) is 1. The van der Waals surface area contributed by atoms with Crippen molar-refractivity contribution >= 4 is 5.97 Å². The molecule has 6 nitrogen and oxygen atoms in total. The summed E-state index contributed by atoms with van der Waals surface area (Å²) in [6, 6.07) is 7.77. The van der Waals surface area contributed by atoms with Gasteiger partial charge in [-0.25, -0.2) is 0 Å². The zero-order valence-corrected chi connectivity index (χ0v) is 14.7. The second kappa shape index (κ2) is 8.16. The van der Waals surface area contributed by atoms with Crippen molar-refractivity contribution in [2.24, 2.45) is 5.92 Å². The number of aromatic nitrogens is 1. The van der Waals surface area contributed by atoms with Gasteiger partial charge in [0.2, 0.25) is 0 Å². The smallest absolute Gasteiger partial charge is 0.309 e. The summed E-state index contributed by atoms with van der Waals surface area (Å²) in [5, 5.41) is 3.97. The summed E-state index contributed by atoms with van der Waals surface area (Å²) >= 11 is 0. The van der Waals surface area contributed by atoms with Crippen molar-refractivity contribution in [1.82, 2.24) is 10.1 Å². The van der Waals surface area contributed by atoms with Crippen LogP contribution in [0.1, 0.15) is 25.3 Å². The standard InChI is InChI=1S/C19H24N2O4/c1-3-24-19(22)14-7-9-21(10-8-14)13-16-12-20-25-18(16)15-5-4-6-17(11-15)23-2/h4-6,11-12,14H,3,7-10,13H2,1-2H3. The summed E-state index contributed by atoms with van der Waals surface area (Å²) in [4.78, 5) is 14.2. The number of rotatable bonds is 6. The summed E-state index contributed by atoms with van der Waals surface area (Å²) in [6.07, 6.45) is 3.43. The van der Waals surface area contributed by atoms with Gasteiger partial charge in [0.15, 0.2) is 5.76 Å². The molecule has 1 fully saturated rings. The van der Waals surface area contributed by atoms with E-state index in [1.54, 1.807) is 13.3 Å². The SMILES string of the molecule is CCOC(=O)C1CCN(Cc2cnoc2-c2cccc(OC)c2)CC1. The van der Waals surface area contributed by atoms with Gasteiger partial charge in [-0.15, -0.1) is 0 Å².